The normalized spacial score (nSPS) is 15.2. The summed E-state index contributed by atoms with van der Waals surface area (Å²) in [4.78, 5) is 17.2. The predicted octanol–water partition coefficient (Wildman–Crippen LogP) is 3.76. The lowest BCUT2D eigenvalue weighted by atomic mass is 10.1. The Bertz CT molecular complexity index is 768. The molecule has 0 aromatic heterocycles. The summed E-state index contributed by atoms with van der Waals surface area (Å²) in [6, 6.07) is 16.0. The van der Waals surface area contributed by atoms with Crippen LogP contribution >= 0.6 is 0 Å². The van der Waals surface area contributed by atoms with Gasteiger partial charge in [0.05, 0.1) is 12.8 Å². The molecule has 1 fully saturated rings. The molecule has 5 nitrogen and oxygen atoms in total. The first kappa shape index (κ1) is 20.1. The maximum Gasteiger partial charge on any atom is 0.263 e. The van der Waals surface area contributed by atoms with Crippen molar-refractivity contribution in [1.29, 1.82) is 0 Å². The number of methoxy groups -OCH3 is 1. The minimum atomic E-state index is -0.440. The molecule has 28 heavy (non-hydrogen) atoms. The maximum absolute atomic E-state index is 13.0. The van der Waals surface area contributed by atoms with Crippen LogP contribution in [0.15, 0.2) is 48.5 Å². The van der Waals surface area contributed by atoms with Crippen LogP contribution in [0, 0.1) is 0 Å². The van der Waals surface area contributed by atoms with Gasteiger partial charge in [-0.15, -0.1) is 0 Å². The number of nitrogens with zero attached hydrogens (tertiary/aromatic N) is 2. The molecule has 1 amide bonds. The molecule has 2 aromatic carbocycles. The van der Waals surface area contributed by atoms with Gasteiger partial charge >= 0.3 is 0 Å². The fourth-order valence-electron chi connectivity index (χ4n) is 3.54. The van der Waals surface area contributed by atoms with E-state index in [1.807, 2.05) is 42.2 Å². The van der Waals surface area contributed by atoms with Crippen LogP contribution in [0.4, 0.5) is 5.69 Å². The Hall–Kier alpha value is -2.69. The number of anilines is 1. The van der Waals surface area contributed by atoms with Gasteiger partial charge in [-0.25, -0.2) is 0 Å². The van der Waals surface area contributed by atoms with Crippen LogP contribution in [0.3, 0.4) is 0 Å². The highest BCUT2D eigenvalue weighted by Crippen LogP contribution is 2.28. The van der Waals surface area contributed by atoms with Crippen LogP contribution in [0.25, 0.3) is 0 Å². The number of hydrogen-bond donors (Lipinski definition) is 0. The van der Waals surface area contributed by atoms with Crippen molar-refractivity contribution in [2.45, 2.75) is 32.8 Å². The minimum absolute atomic E-state index is 0.0711. The topological polar surface area (TPSA) is 42.0 Å². The number of piperazine rings is 1. The van der Waals surface area contributed by atoms with Gasteiger partial charge < -0.3 is 19.3 Å². The van der Waals surface area contributed by atoms with Crippen molar-refractivity contribution >= 4 is 11.6 Å². The van der Waals surface area contributed by atoms with E-state index in [1.165, 1.54) is 5.56 Å². The molecule has 0 saturated carbocycles. The van der Waals surface area contributed by atoms with E-state index in [2.05, 4.69) is 30.0 Å². The van der Waals surface area contributed by atoms with Crippen molar-refractivity contribution in [3.63, 3.8) is 0 Å². The lowest BCUT2D eigenvalue weighted by Crippen LogP contribution is -2.52. The minimum Gasteiger partial charge on any atom is -0.495 e. The lowest BCUT2D eigenvalue weighted by molar-refractivity contribution is -0.139. The second kappa shape index (κ2) is 9.49. The van der Waals surface area contributed by atoms with Crippen LogP contribution in [0.2, 0.25) is 0 Å². The van der Waals surface area contributed by atoms with Crippen LogP contribution in [0.1, 0.15) is 25.8 Å². The van der Waals surface area contributed by atoms with E-state index in [0.717, 1.165) is 36.7 Å². The number of hydrogen-bond acceptors (Lipinski definition) is 4. The second-order valence-electron chi connectivity index (χ2n) is 7.00. The molecule has 1 atom stereocenters. The highest BCUT2D eigenvalue weighted by atomic mass is 16.5. The Labute approximate surface area is 167 Å². The highest BCUT2D eigenvalue weighted by Gasteiger charge is 2.28. The number of amides is 1. The van der Waals surface area contributed by atoms with E-state index in [4.69, 9.17) is 9.47 Å². The van der Waals surface area contributed by atoms with Crippen molar-refractivity contribution < 1.29 is 14.3 Å². The SMILES string of the molecule is CCc1ccc(O[C@@H](CC)C(=O)N2CCN(c3ccccc3OC)CC2)cc1. The van der Waals surface area contributed by atoms with E-state index in [1.54, 1.807) is 7.11 Å². The summed E-state index contributed by atoms with van der Waals surface area (Å²) >= 11 is 0. The van der Waals surface area contributed by atoms with Crippen molar-refractivity contribution in [2.75, 3.05) is 38.2 Å². The Kier molecular flexibility index (Phi) is 6.80. The molecule has 2 aromatic rings. The van der Waals surface area contributed by atoms with Gasteiger partial charge in [0.15, 0.2) is 6.10 Å². The number of rotatable bonds is 7. The van der Waals surface area contributed by atoms with Gasteiger partial charge in [0.1, 0.15) is 11.5 Å². The van der Waals surface area contributed by atoms with E-state index >= 15 is 0 Å². The van der Waals surface area contributed by atoms with Crippen molar-refractivity contribution in [2.24, 2.45) is 0 Å². The summed E-state index contributed by atoms with van der Waals surface area (Å²) in [5.41, 5.74) is 2.34. The molecule has 0 bridgehead atoms. The third-order valence-corrected chi connectivity index (χ3v) is 5.27. The van der Waals surface area contributed by atoms with Crippen LogP contribution in [0.5, 0.6) is 11.5 Å². The molecular formula is C23H30N2O3. The summed E-state index contributed by atoms with van der Waals surface area (Å²) in [7, 11) is 1.69. The number of carbonyl (C=O) groups is 1. The van der Waals surface area contributed by atoms with Gasteiger partial charge in [0.2, 0.25) is 0 Å². The Morgan fingerprint density at radius 3 is 2.29 bits per heavy atom. The summed E-state index contributed by atoms with van der Waals surface area (Å²) in [6.45, 7) is 7.06. The fraction of sp³-hybridized carbons (Fsp3) is 0.435. The fourth-order valence-corrected chi connectivity index (χ4v) is 3.54. The molecular weight excluding hydrogens is 352 g/mol. The predicted molar refractivity (Wildman–Crippen MR) is 112 cm³/mol. The zero-order valence-electron chi connectivity index (χ0n) is 17.1. The van der Waals surface area contributed by atoms with E-state index in [-0.39, 0.29) is 5.91 Å². The maximum atomic E-state index is 13.0. The van der Waals surface area contributed by atoms with E-state index < -0.39 is 6.10 Å². The first-order valence-corrected chi connectivity index (χ1v) is 10.1. The van der Waals surface area contributed by atoms with E-state index in [9.17, 15) is 4.79 Å². The largest absolute Gasteiger partial charge is 0.495 e. The summed E-state index contributed by atoms with van der Waals surface area (Å²) in [5, 5.41) is 0. The monoisotopic (exact) mass is 382 g/mol. The average molecular weight is 383 g/mol. The molecule has 0 spiro atoms. The molecule has 0 radical (unpaired) electrons. The van der Waals surface area contributed by atoms with Crippen LogP contribution < -0.4 is 14.4 Å². The summed E-state index contributed by atoms with van der Waals surface area (Å²) in [6.07, 6.45) is 1.21. The molecule has 1 saturated heterocycles. The number of carbonyl (C=O) groups excluding carboxylic acids is 1. The molecule has 0 N–H and O–H groups in total. The smallest absolute Gasteiger partial charge is 0.263 e. The van der Waals surface area contributed by atoms with Crippen molar-refractivity contribution in [1.82, 2.24) is 4.90 Å². The van der Waals surface area contributed by atoms with Crippen LogP contribution in [-0.2, 0) is 11.2 Å². The Morgan fingerprint density at radius 2 is 1.68 bits per heavy atom. The summed E-state index contributed by atoms with van der Waals surface area (Å²) < 4.78 is 11.5. The van der Waals surface area contributed by atoms with Gasteiger partial charge in [-0.3, -0.25) is 4.79 Å². The zero-order valence-corrected chi connectivity index (χ0v) is 17.1. The molecule has 0 unspecified atom stereocenters. The van der Waals surface area contributed by atoms with Crippen LogP contribution in [-0.4, -0.2) is 50.2 Å². The molecule has 5 heteroatoms. The quantitative estimate of drug-likeness (QED) is 0.731. The highest BCUT2D eigenvalue weighted by molar-refractivity contribution is 5.81. The van der Waals surface area contributed by atoms with Gasteiger partial charge in [0.25, 0.3) is 5.91 Å². The van der Waals surface area contributed by atoms with Gasteiger partial charge in [0, 0.05) is 26.2 Å². The first-order valence-electron chi connectivity index (χ1n) is 10.1. The third kappa shape index (κ3) is 4.58. The molecule has 1 heterocycles. The zero-order chi connectivity index (χ0) is 19.9. The number of para-hydroxylation sites is 2. The van der Waals surface area contributed by atoms with Gasteiger partial charge in [-0.1, -0.05) is 38.1 Å². The second-order valence-corrected chi connectivity index (χ2v) is 7.00. The van der Waals surface area contributed by atoms with E-state index in [0.29, 0.717) is 19.5 Å². The average Bonchev–Trinajstić information content (AvgIpc) is 2.77. The third-order valence-electron chi connectivity index (χ3n) is 5.27. The van der Waals surface area contributed by atoms with Crippen molar-refractivity contribution in [3.8, 4) is 11.5 Å². The van der Waals surface area contributed by atoms with Crippen molar-refractivity contribution in [3.05, 3.63) is 54.1 Å². The molecule has 0 aliphatic carbocycles. The number of aryl methyl sites for hydroxylation is 1. The molecule has 150 valence electrons. The molecule has 3 rings (SSSR count). The van der Waals surface area contributed by atoms with Gasteiger partial charge in [-0.05, 0) is 42.7 Å². The lowest BCUT2D eigenvalue weighted by Gasteiger charge is -2.37. The summed E-state index contributed by atoms with van der Waals surface area (Å²) in [5.74, 6) is 1.69. The first-order chi connectivity index (χ1) is 13.7. The van der Waals surface area contributed by atoms with Gasteiger partial charge in [-0.2, -0.15) is 0 Å². The standard InChI is InChI=1S/C23H30N2O3/c1-4-18-10-12-19(13-11-18)28-21(5-2)23(26)25-16-14-24(15-17-25)20-8-6-7-9-22(20)27-3/h6-13,21H,4-5,14-17H2,1-3H3/t21-/m0/s1. The Balaban J connectivity index is 1.59. The number of ether oxygens (including phenoxy) is 2. The molecule has 1 aliphatic heterocycles. The Morgan fingerprint density at radius 1 is 1.00 bits per heavy atom. The molecule has 1 aliphatic rings. The number of benzene rings is 2.